The van der Waals surface area contributed by atoms with Gasteiger partial charge in [0.05, 0.1) is 23.0 Å². The standard InChI is InChI=1S/C15H14N4/c1-10-8-15(11(2)7-14(10)17)19-18-13-5-3-12(9-16)4-6-13/h3-8H,17H2,1-2H3/b19-18+. The fourth-order valence-corrected chi connectivity index (χ4v) is 1.65. The number of hydrogen-bond donors (Lipinski definition) is 1. The van der Waals surface area contributed by atoms with Crippen LogP contribution in [0.1, 0.15) is 16.7 Å². The van der Waals surface area contributed by atoms with Gasteiger partial charge in [-0.2, -0.15) is 15.5 Å². The Bertz CT molecular complexity index is 664. The number of rotatable bonds is 2. The normalized spacial score (nSPS) is 10.6. The van der Waals surface area contributed by atoms with Gasteiger partial charge in [0, 0.05) is 5.69 Å². The molecule has 94 valence electrons. The maximum atomic E-state index is 8.71. The molecule has 0 saturated heterocycles. The van der Waals surface area contributed by atoms with E-state index in [-0.39, 0.29) is 0 Å². The lowest BCUT2D eigenvalue weighted by atomic mass is 10.1. The molecule has 4 nitrogen and oxygen atoms in total. The lowest BCUT2D eigenvalue weighted by molar-refractivity contribution is 1.20. The van der Waals surface area contributed by atoms with Gasteiger partial charge in [-0.15, -0.1) is 0 Å². The zero-order chi connectivity index (χ0) is 13.8. The molecule has 0 unspecified atom stereocenters. The van der Waals surface area contributed by atoms with Crippen LogP contribution >= 0.6 is 0 Å². The molecule has 2 rings (SSSR count). The summed E-state index contributed by atoms with van der Waals surface area (Å²) in [5.41, 5.74) is 10.7. The summed E-state index contributed by atoms with van der Waals surface area (Å²) in [7, 11) is 0. The van der Waals surface area contributed by atoms with Crippen LogP contribution in [-0.2, 0) is 0 Å². The molecule has 0 bridgehead atoms. The van der Waals surface area contributed by atoms with E-state index in [1.54, 1.807) is 24.3 Å². The van der Waals surface area contributed by atoms with E-state index in [2.05, 4.69) is 16.3 Å². The molecule has 2 N–H and O–H groups in total. The van der Waals surface area contributed by atoms with Crippen LogP contribution in [0.5, 0.6) is 0 Å². The third-order valence-electron chi connectivity index (χ3n) is 2.85. The number of nitrogen functional groups attached to an aromatic ring is 1. The van der Waals surface area contributed by atoms with E-state index in [0.717, 1.165) is 22.5 Å². The highest BCUT2D eigenvalue weighted by Gasteiger charge is 2.01. The van der Waals surface area contributed by atoms with Crippen LogP contribution in [0.25, 0.3) is 0 Å². The number of nitrogens with two attached hydrogens (primary N) is 1. The molecule has 0 amide bonds. The van der Waals surface area contributed by atoms with Crippen LogP contribution in [-0.4, -0.2) is 0 Å². The Balaban J connectivity index is 2.27. The van der Waals surface area contributed by atoms with Gasteiger partial charge in [-0.3, -0.25) is 0 Å². The first kappa shape index (κ1) is 12.8. The molecule has 2 aromatic carbocycles. The Labute approximate surface area is 112 Å². The van der Waals surface area contributed by atoms with Gasteiger partial charge in [-0.25, -0.2) is 0 Å². The Kier molecular flexibility index (Phi) is 3.58. The summed E-state index contributed by atoms with van der Waals surface area (Å²) in [6.45, 7) is 3.89. The van der Waals surface area contributed by atoms with Crippen molar-refractivity contribution in [3.63, 3.8) is 0 Å². The Morgan fingerprint density at radius 2 is 1.68 bits per heavy atom. The van der Waals surface area contributed by atoms with Crippen LogP contribution in [0.2, 0.25) is 0 Å². The van der Waals surface area contributed by atoms with Crippen molar-refractivity contribution in [2.45, 2.75) is 13.8 Å². The van der Waals surface area contributed by atoms with E-state index in [4.69, 9.17) is 11.0 Å². The predicted octanol–water partition coefficient (Wildman–Crippen LogP) is 4.17. The summed E-state index contributed by atoms with van der Waals surface area (Å²) in [5.74, 6) is 0. The Hall–Kier alpha value is -2.67. The molecule has 0 aliphatic carbocycles. The van der Waals surface area contributed by atoms with E-state index < -0.39 is 0 Å². The topological polar surface area (TPSA) is 74.5 Å². The molecule has 19 heavy (non-hydrogen) atoms. The van der Waals surface area contributed by atoms with Crippen molar-refractivity contribution in [2.75, 3.05) is 5.73 Å². The second-order valence-electron chi connectivity index (χ2n) is 4.35. The summed E-state index contributed by atoms with van der Waals surface area (Å²) >= 11 is 0. The number of azo groups is 1. The quantitative estimate of drug-likeness (QED) is 0.641. The Morgan fingerprint density at radius 3 is 2.32 bits per heavy atom. The third kappa shape index (κ3) is 2.96. The van der Waals surface area contributed by atoms with E-state index >= 15 is 0 Å². The van der Waals surface area contributed by atoms with Crippen molar-refractivity contribution in [2.24, 2.45) is 10.2 Å². The van der Waals surface area contributed by atoms with E-state index in [9.17, 15) is 0 Å². The van der Waals surface area contributed by atoms with Crippen LogP contribution < -0.4 is 5.73 Å². The molecule has 0 atom stereocenters. The highest BCUT2D eigenvalue weighted by atomic mass is 15.1. The van der Waals surface area contributed by atoms with Crippen LogP contribution in [0.4, 0.5) is 17.1 Å². The molecule has 0 saturated carbocycles. The third-order valence-corrected chi connectivity index (χ3v) is 2.85. The largest absolute Gasteiger partial charge is 0.399 e. The molecule has 0 aromatic heterocycles. The fraction of sp³-hybridized carbons (Fsp3) is 0.133. The first-order valence-electron chi connectivity index (χ1n) is 5.89. The number of anilines is 1. The van der Waals surface area contributed by atoms with E-state index in [1.165, 1.54) is 0 Å². The summed E-state index contributed by atoms with van der Waals surface area (Å²) < 4.78 is 0. The number of hydrogen-bond acceptors (Lipinski definition) is 4. The van der Waals surface area contributed by atoms with Crippen molar-refractivity contribution in [1.82, 2.24) is 0 Å². The van der Waals surface area contributed by atoms with Gasteiger partial charge >= 0.3 is 0 Å². The van der Waals surface area contributed by atoms with Crippen molar-refractivity contribution in [1.29, 1.82) is 5.26 Å². The first-order chi connectivity index (χ1) is 9.10. The zero-order valence-electron chi connectivity index (χ0n) is 10.9. The molecule has 0 fully saturated rings. The molecule has 0 radical (unpaired) electrons. The Morgan fingerprint density at radius 1 is 1.00 bits per heavy atom. The summed E-state index contributed by atoms with van der Waals surface area (Å²) in [4.78, 5) is 0. The van der Waals surface area contributed by atoms with Gasteiger partial charge in [-0.1, -0.05) is 0 Å². The highest BCUT2D eigenvalue weighted by Crippen LogP contribution is 2.26. The minimum atomic E-state index is 0.610. The average molecular weight is 250 g/mol. The van der Waals surface area contributed by atoms with Crippen LogP contribution in [0.3, 0.4) is 0 Å². The first-order valence-corrected chi connectivity index (χ1v) is 5.89. The molecule has 4 heteroatoms. The van der Waals surface area contributed by atoms with Crippen molar-refractivity contribution in [3.8, 4) is 6.07 Å². The summed E-state index contributed by atoms with van der Waals surface area (Å²) in [6, 6.07) is 12.8. The van der Waals surface area contributed by atoms with Gasteiger partial charge in [0.15, 0.2) is 0 Å². The molecular weight excluding hydrogens is 236 g/mol. The molecule has 0 aliphatic rings. The number of aryl methyl sites for hydroxylation is 2. The van der Waals surface area contributed by atoms with Crippen molar-refractivity contribution >= 4 is 17.1 Å². The summed E-state index contributed by atoms with van der Waals surface area (Å²) in [6.07, 6.45) is 0. The summed E-state index contributed by atoms with van der Waals surface area (Å²) in [5, 5.41) is 17.1. The lowest BCUT2D eigenvalue weighted by Gasteiger charge is -2.04. The second kappa shape index (κ2) is 5.32. The minimum Gasteiger partial charge on any atom is -0.399 e. The monoisotopic (exact) mass is 250 g/mol. The predicted molar refractivity (Wildman–Crippen MR) is 75.7 cm³/mol. The number of nitrogens with zero attached hydrogens (tertiary/aromatic N) is 3. The van der Waals surface area contributed by atoms with Crippen LogP contribution in [0.15, 0.2) is 46.6 Å². The van der Waals surface area contributed by atoms with Crippen molar-refractivity contribution in [3.05, 3.63) is 53.1 Å². The average Bonchev–Trinajstić information content (AvgIpc) is 2.42. The fourth-order valence-electron chi connectivity index (χ4n) is 1.65. The van der Waals surface area contributed by atoms with E-state index in [1.807, 2.05) is 26.0 Å². The molecule has 0 aliphatic heterocycles. The van der Waals surface area contributed by atoms with Gasteiger partial charge in [0.1, 0.15) is 0 Å². The van der Waals surface area contributed by atoms with Gasteiger partial charge in [-0.05, 0) is 61.4 Å². The smallest absolute Gasteiger partial charge is 0.0991 e. The maximum absolute atomic E-state index is 8.71. The SMILES string of the molecule is Cc1cc(/N=N/c2ccc(C#N)cc2)c(C)cc1N. The van der Waals surface area contributed by atoms with Gasteiger partial charge < -0.3 is 5.73 Å². The zero-order valence-corrected chi connectivity index (χ0v) is 10.9. The highest BCUT2D eigenvalue weighted by molar-refractivity contribution is 5.59. The minimum absolute atomic E-state index is 0.610. The second-order valence-corrected chi connectivity index (χ2v) is 4.35. The lowest BCUT2D eigenvalue weighted by Crippen LogP contribution is -1.89. The molecule has 2 aromatic rings. The number of nitriles is 1. The van der Waals surface area contributed by atoms with Crippen molar-refractivity contribution < 1.29 is 0 Å². The van der Waals surface area contributed by atoms with Crippen LogP contribution in [0, 0.1) is 25.2 Å². The van der Waals surface area contributed by atoms with Gasteiger partial charge in [0.25, 0.3) is 0 Å². The number of benzene rings is 2. The maximum Gasteiger partial charge on any atom is 0.0991 e. The molecule has 0 heterocycles. The molecule has 0 spiro atoms. The van der Waals surface area contributed by atoms with E-state index in [0.29, 0.717) is 11.3 Å². The molecular formula is C15H14N4. The van der Waals surface area contributed by atoms with Gasteiger partial charge in [0.2, 0.25) is 0 Å².